The zero-order chi connectivity index (χ0) is 9.10. The summed E-state index contributed by atoms with van der Waals surface area (Å²) in [5, 5.41) is 11.3. The van der Waals surface area contributed by atoms with Gasteiger partial charge in [0.15, 0.2) is 6.20 Å². The molecule has 0 aliphatic heterocycles. The maximum Gasteiger partial charge on any atom is 0.224 e. The van der Waals surface area contributed by atoms with E-state index in [1.54, 1.807) is 36.7 Å². The minimum atomic E-state index is 0.588. The topological polar surface area (TPSA) is 39.8 Å². The molecule has 0 saturated carbocycles. The first-order chi connectivity index (χ1) is 6.38. The quantitative estimate of drug-likeness (QED) is 0.477. The van der Waals surface area contributed by atoms with Crippen molar-refractivity contribution in [1.29, 1.82) is 0 Å². The Hall–Kier alpha value is -1.90. The lowest BCUT2D eigenvalue weighted by atomic mass is 10.2. The molecule has 2 aromatic rings. The fourth-order valence-corrected chi connectivity index (χ4v) is 1.11. The smallest absolute Gasteiger partial charge is 0.224 e. The molecule has 0 aromatic carbocycles. The molecule has 0 aliphatic carbocycles. The van der Waals surface area contributed by atoms with Gasteiger partial charge in [-0.2, -0.15) is 4.73 Å². The Labute approximate surface area is 75.9 Å². The fourth-order valence-electron chi connectivity index (χ4n) is 1.11. The van der Waals surface area contributed by atoms with Gasteiger partial charge in [-0.25, -0.2) is 0 Å². The summed E-state index contributed by atoms with van der Waals surface area (Å²) in [6.45, 7) is 0. The van der Waals surface area contributed by atoms with Gasteiger partial charge in [0.2, 0.25) is 5.69 Å². The molecule has 0 saturated heterocycles. The molecule has 63 valence electrons. The highest BCUT2D eigenvalue weighted by Gasteiger charge is 2.05. The average Bonchev–Trinajstić information content (AvgIpc) is 2.20. The summed E-state index contributed by atoms with van der Waals surface area (Å²) in [5.74, 6) is 0. The summed E-state index contributed by atoms with van der Waals surface area (Å²) in [5.41, 5.74) is 1.44. The minimum absolute atomic E-state index is 0.588. The molecular formula is C10H7N2O. The van der Waals surface area contributed by atoms with E-state index < -0.39 is 0 Å². The van der Waals surface area contributed by atoms with Gasteiger partial charge in [-0.05, 0) is 18.2 Å². The van der Waals surface area contributed by atoms with Gasteiger partial charge in [-0.3, -0.25) is 4.98 Å². The van der Waals surface area contributed by atoms with E-state index in [2.05, 4.69) is 11.1 Å². The lowest BCUT2D eigenvalue weighted by molar-refractivity contribution is -0.593. The van der Waals surface area contributed by atoms with E-state index in [1.165, 1.54) is 6.20 Å². The van der Waals surface area contributed by atoms with Crippen LogP contribution in [0.1, 0.15) is 0 Å². The lowest BCUT2D eigenvalue weighted by Crippen LogP contribution is -2.27. The molecule has 0 atom stereocenters. The third kappa shape index (κ3) is 1.49. The molecular weight excluding hydrogens is 164 g/mol. The van der Waals surface area contributed by atoms with E-state index in [9.17, 15) is 5.21 Å². The number of hydrogen-bond acceptors (Lipinski definition) is 2. The van der Waals surface area contributed by atoms with Crippen molar-refractivity contribution < 1.29 is 4.73 Å². The normalized spacial score (nSPS) is 9.85. The molecule has 0 N–H and O–H groups in total. The van der Waals surface area contributed by atoms with Crippen LogP contribution in [0.4, 0.5) is 0 Å². The van der Waals surface area contributed by atoms with Crippen molar-refractivity contribution in [2.45, 2.75) is 0 Å². The van der Waals surface area contributed by atoms with Gasteiger partial charge in [-0.15, -0.1) is 0 Å². The first-order valence-electron chi connectivity index (χ1n) is 3.87. The predicted octanol–water partition coefficient (Wildman–Crippen LogP) is 1.18. The van der Waals surface area contributed by atoms with E-state index in [4.69, 9.17) is 0 Å². The summed E-state index contributed by atoms with van der Waals surface area (Å²) in [4.78, 5) is 3.88. The Bertz CT molecular complexity index is 401. The predicted molar refractivity (Wildman–Crippen MR) is 47.5 cm³/mol. The number of rotatable bonds is 1. The van der Waals surface area contributed by atoms with Gasteiger partial charge >= 0.3 is 0 Å². The highest BCUT2D eigenvalue weighted by atomic mass is 16.5. The van der Waals surface area contributed by atoms with Crippen molar-refractivity contribution in [3.05, 3.63) is 54.1 Å². The van der Waals surface area contributed by atoms with Gasteiger partial charge in [0.05, 0.1) is 5.56 Å². The van der Waals surface area contributed by atoms with Gasteiger partial charge in [-0.1, -0.05) is 0 Å². The highest BCUT2D eigenvalue weighted by Crippen LogP contribution is 2.11. The maximum atomic E-state index is 11.3. The first-order valence-corrected chi connectivity index (χ1v) is 3.87. The third-order valence-electron chi connectivity index (χ3n) is 1.74. The summed E-state index contributed by atoms with van der Waals surface area (Å²) >= 11 is 0. The standard InChI is InChI=1S/C10H7N2O/c13-12-8-2-1-3-10(12)9-4-6-11-7-5-9/h2-8H. The summed E-state index contributed by atoms with van der Waals surface area (Å²) in [7, 11) is 0. The lowest BCUT2D eigenvalue weighted by Gasteiger charge is -2.01. The molecule has 3 nitrogen and oxygen atoms in total. The molecule has 0 unspecified atom stereocenters. The van der Waals surface area contributed by atoms with Crippen LogP contribution in [0, 0.1) is 11.3 Å². The van der Waals surface area contributed by atoms with Crippen LogP contribution in [-0.4, -0.2) is 4.98 Å². The van der Waals surface area contributed by atoms with Crippen LogP contribution in [0.25, 0.3) is 11.3 Å². The molecule has 13 heavy (non-hydrogen) atoms. The Morgan fingerprint density at radius 1 is 1.31 bits per heavy atom. The number of nitrogens with zero attached hydrogens (tertiary/aromatic N) is 2. The SMILES string of the molecule is [O-][n+]1cc[c]cc1-c1ccncc1. The van der Waals surface area contributed by atoms with E-state index in [1.807, 2.05) is 0 Å². The van der Waals surface area contributed by atoms with Crippen LogP contribution >= 0.6 is 0 Å². The van der Waals surface area contributed by atoms with Crippen LogP contribution in [0.3, 0.4) is 0 Å². The van der Waals surface area contributed by atoms with Gasteiger partial charge in [0.25, 0.3) is 0 Å². The Morgan fingerprint density at radius 3 is 2.77 bits per heavy atom. The molecule has 0 fully saturated rings. The maximum absolute atomic E-state index is 11.3. The van der Waals surface area contributed by atoms with Gasteiger partial charge in [0, 0.05) is 24.5 Å². The van der Waals surface area contributed by atoms with Crippen molar-refractivity contribution in [3.8, 4) is 11.3 Å². The number of hydrogen-bond donors (Lipinski definition) is 0. The van der Waals surface area contributed by atoms with E-state index in [0.29, 0.717) is 5.69 Å². The molecule has 0 bridgehead atoms. The van der Waals surface area contributed by atoms with E-state index in [-0.39, 0.29) is 0 Å². The summed E-state index contributed by atoms with van der Waals surface area (Å²) < 4.78 is 0.811. The Balaban J connectivity index is 2.54. The highest BCUT2D eigenvalue weighted by molar-refractivity contribution is 5.54. The summed E-state index contributed by atoms with van der Waals surface area (Å²) in [6, 6.07) is 9.67. The monoisotopic (exact) mass is 171 g/mol. The van der Waals surface area contributed by atoms with Crippen molar-refractivity contribution in [2.24, 2.45) is 0 Å². The first kappa shape index (κ1) is 7.73. The molecule has 2 heterocycles. The van der Waals surface area contributed by atoms with E-state index >= 15 is 0 Å². The van der Waals surface area contributed by atoms with Crippen molar-refractivity contribution >= 4 is 0 Å². The molecule has 1 radical (unpaired) electrons. The second-order valence-electron chi connectivity index (χ2n) is 2.57. The third-order valence-corrected chi connectivity index (χ3v) is 1.74. The largest absolute Gasteiger partial charge is 0.618 e. The molecule has 0 amide bonds. The second-order valence-corrected chi connectivity index (χ2v) is 2.57. The zero-order valence-electron chi connectivity index (χ0n) is 6.84. The van der Waals surface area contributed by atoms with Crippen molar-refractivity contribution in [1.82, 2.24) is 4.98 Å². The van der Waals surface area contributed by atoms with Crippen molar-refractivity contribution in [2.75, 3.05) is 0 Å². The second kappa shape index (κ2) is 3.23. The molecule has 0 spiro atoms. The van der Waals surface area contributed by atoms with Gasteiger partial charge < -0.3 is 5.21 Å². The van der Waals surface area contributed by atoms with Crippen molar-refractivity contribution in [3.63, 3.8) is 0 Å². The van der Waals surface area contributed by atoms with Crippen LogP contribution in [-0.2, 0) is 0 Å². The Morgan fingerprint density at radius 2 is 2.08 bits per heavy atom. The minimum Gasteiger partial charge on any atom is -0.618 e. The fraction of sp³-hybridized carbons (Fsp3) is 0. The molecule has 2 rings (SSSR count). The molecule has 3 heteroatoms. The average molecular weight is 171 g/mol. The number of aromatic nitrogens is 2. The van der Waals surface area contributed by atoms with Crippen LogP contribution in [0.15, 0.2) is 42.9 Å². The zero-order valence-corrected chi connectivity index (χ0v) is 6.84. The molecule has 2 aromatic heterocycles. The van der Waals surface area contributed by atoms with E-state index in [0.717, 1.165) is 10.3 Å². The van der Waals surface area contributed by atoms with Crippen LogP contribution in [0.5, 0.6) is 0 Å². The van der Waals surface area contributed by atoms with Crippen LogP contribution in [0.2, 0.25) is 0 Å². The number of pyridine rings is 2. The Kier molecular flexibility index (Phi) is 1.92. The van der Waals surface area contributed by atoms with Crippen LogP contribution < -0.4 is 4.73 Å². The van der Waals surface area contributed by atoms with Gasteiger partial charge in [0.1, 0.15) is 0 Å². The summed E-state index contributed by atoms with van der Waals surface area (Å²) in [6.07, 6.45) is 4.74. The molecule has 0 aliphatic rings.